The first kappa shape index (κ1) is 16.7. The standard InChI is InChI=1S/C14H23NO4Si/c1-14(2,3)20(5,6)19-10-11-7-8-13(18-4)12(9-11)15(16)17/h7-9H,10H2,1-6H3. The van der Waals surface area contributed by atoms with Crippen molar-refractivity contribution in [3.63, 3.8) is 0 Å². The Kier molecular flexibility index (Phi) is 4.93. The summed E-state index contributed by atoms with van der Waals surface area (Å²) in [6.07, 6.45) is 0. The van der Waals surface area contributed by atoms with Gasteiger partial charge in [-0.25, -0.2) is 0 Å². The average Bonchev–Trinajstić information content (AvgIpc) is 2.34. The monoisotopic (exact) mass is 297 g/mol. The quantitative estimate of drug-likeness (QED) is 0.466. The summed E-state index contributed by atoms with van der Waals surface area (Å²) in [4.78, 5) is 10.6. The van der Waals surface area contributed by atoms with Crippen LogP contribution < -0.4 is 4.74 Å². The number of hydrogen-bond acceptors (Lipinski definition) is 4. The fourth-order valence-corrected chi connectivity index (χ4v) is 2.41. The number of methoxy groups -OCH3 is 1. The molecule has 0 amide bonds. The SMILES string of the molecule is COc1ccc(CO[Si](C)(C)C(C)(C)C)cc1[N+](=O)[O-]. The summed E-state index contributed by atoms with van der Waals surface area (Å²) in [6, 6.07) is 4.94. The number of benzene rings is 1. The van der Waals surface area contributed by atoms with Crippen LogP contribution in [-0.2, 0) is 11.0 Å². The number of nitro groups is 1. The minimum absolute atomic E-state index is 0.0242. The Morgan fingerprint density at radius 2 is 1.90 bits per heavy atom. The topological polar surface area (TPSA) is 61.6 Å². The van der Waals surface area contributed by atoms with E-state index in [0.29, 0.717) is 6.61 Å². The normalized spacial score (nSPS) is 12.3. The molecule has 1 aromatic rings. The Bertz CT molecular complexity index is 494. The molecule has 20 heavy (non-hydrogen) atoms. The van der Waals surface area contributed by atoms with Crippen molar-refractivity contribution in [1.29, 1.82) is 0 Å². The average molecular weight is 297 g/mol. The summed E-state index contributed by atoms with van der Waals surface area (Å²) in [5.41, 5.74) is 0.770. The third-order valence-electron chi connectivity index (χ3n) is 3.85. The lowest BCUT2D eigenvalue weighted by atomic mass is 10.2. The molecule has 0 saturated heterocycles. The van der Waals surface area contributed by atoms with E-state index in [1.54, 1.807) is 12.1 Å². The summed E-state index contributed by atoms with van der Waals surface area (Å²) in [5.74, 6) is 0.270. The van der Waals surface area contributed by atoms with Gasteiger partial charge >= 0.3 is 5.69 Å². The van der Waals surface area contributed by atoms with Gasteiger partial charge in [0, 0.05) is 6.07 Å². The van der Waals surface area contributed by atoms with Crippen LogP contribution in [0, 0.1) is 10.1 Å². The molecule has 0 aliphatic heterocycles. The summed E-state index contributed by atoms with van der Waals surface area (Å²) in [6.45, 7) is 11.2. The molecule has 0 saturated carbocycles. The first-order valence-corrected chi connectivity index (χ1v) is 9.44. The van der Waals surface area contributed by atoms with Gasteiger partial charge in [0.25, 0.3) is 0 Å². The predicted molar refractivity (Wildman–Crippen MR) is 81.6 cm³/mol. The van der Waals surface area contributed by atoms with Crippen LogP contribution in [-0.4, -0.2) is 20.4 Å². The van der Waals surface area contributed by atoms with Crippen LogP contribution in [0.25, 0.3) is 0 Å². The molecule has 0 bridgehead atoms. The van der Waals surface area contributed by atoms with Crippen molar-refractivity contribution < 1.29 is 14.1 Å². The van der Waals surface area contributed by atoms with Crippen molar-refractivity contribution in [2.75, 3.05) is 7.11 Å². The maximum absolute atomic E-state index is 11.0. The Labute approximate surface area is 121 Å². The molecule has 0 aliphatic carbocycles. The van der Waals surface area contributed by atoms with E-state index >= 15 is 0 Å². The van der Waals surface area contributed by atoms with Crippen molar-refractivity contribution in [2.24, 2.45) is 0 Å². The van der Waals surface area contributed by atoms with Gasteiger partial charge in [-0.2, -0.15) is 0 Å². The lowest BCUT2D eigenvalue weighted by Crippen LogP contribution is -2.40. The van der Waals surface area contributed by atoms with Gasteiger partial charge in [0.05, 0.1) is 18.6 Å². The van der Waals surface area contributed by atoms with E-state index in [4.69, 9.17) is 9.16 Å². The molecule has 0 unspecified atom stereocenters. The summed E-state index contributed by atoms with van der Waals surface area (Å²) >= 11 is 0. The van der Waals surface area contributed by atoms with Crippen LogP contribution in [0.5, 0.6) is 5.75 Å². The van der Waals surface area contributed by atoms with Crippen LogP contribution >= 0.6 is 0 Å². The number of nitrogens with zero attached hydrogens (tertiary/aromatic N) is 1. The van der Waals surface area contributed by atoms with Crippen molar-refractivity contribution in [3.8, 4) is 5.75 Å². The Morgan fingerprint density at radius 3 is 2.35 bits per heavy atom. The van der Waals surface area contributed by atoms with Crippen LogP contribution in [0.15, 0.2) is 18.2 Å². The second kappa shape index (κ2) is 5.93. The molecule has 0 heterocycles. The highest BCUT2D eigenvalue weighted by atomic mass is 28.4. The molecule has 112 valence electrons. The molecule has 0 atom stereocenters. The maximum atomic E-state index is 11.0. The van der Waals surface area contributed by atoms with E-state index in [-0.39, 0.29) is 16.5 Å². The zero-order valence-corrected chi connectivity index (χ0v) is 14.0. The molecule has 1 rings (SSSR count). The second-order valence-electron chi connectivity index (χ2n) is 6.31. The van der Waals surface area contributed by atoms with Gasteiger partial charge in [0.1, 0.15) is 0 Å². The van der Waals surface area contributed by atoms with Gasteiger partial charge in [-0.05, 0) is 29.8 Å². The highest BCUT2D eigenvalue weighted by Crippen LogP contribution is 2.37. The summed E-state index contributed by atoms with van der Waals surface area (Å²) in [5, 5.41) is 11.1. The first-order valence-electron chi connectivity index (χ1n) is 6.54. The summed E-state index contributed by atoms with van der Waals surface area (Å²) in [7, 11) is -0.431. The second-order valence-corrected chi connectivity index (χ2v) is 11.1. The molecule has 0 N–H and O–H groups in total. The minimum atomic E-state index is -1.86. The Balaban J connectivity index is 2.90. The first-order chi connectivity index (χ1) is 9.08. The number of rotatable bonds is 5. The van der Waals surface area contributed by atoms with E-state index in [1.807, 2.05) is 0 Å². The highest BCUT2D eigenvalue weighted by Gasteiger charge is 2.37. The third kappa shape index (κ3) is 3.80. The van der Waals surface area contributed by atoms with Crippen molar-refractivity contribution in [1.82, 2.24) is 0 Å². The van der Waals surface area contributed by atoms with Gasteiger partial charge < -0.3 is 9.16 Å². The Hall–Kier alpha value is -1.40. The molecule has 0 radical (unpaired) electrons. The third-order valence-corrected chi connectivity index (χ3v) is 8.32. The summed E-state index contributed by atoms with van der Waals surface area (Å²) < 4.78 is 11.1. The van der Waals surface area contributed by atoms with E-state index in [2.05, 4.69) is 33.9 Å². The van der Waals surface area contributed by atoms with E-state index in [1.165, 1.54) is 13.2 Å². The molecular weight excluding hydrogens is 274 g/mol. The van der Waals surface area contributed by atoms with Crippen LogP contribution in [0.1, 0.15) is 26.3 Å². The number of hydrogen-bond donors (Lipinski definition) is 0. The smallest absolute Gasteiger partial charge is 0.311 e. The lowest BCUT2D eigenvalue weighted by molar-refractivity contribution is -0.385. The maximum Gasteiger partial charge on any atom is 0.311 e. The number of ether oxygens (including phenoxy) is 1. The number of nitro benzene ring substituents is 1. The highest BCUT2D eigenvalue weighted by molar-refractivity contribution is 6.74. The molecule has 0 spiro atoms. The molecular formula is C14H23NO4Si. The molecule has 0 aliphatic rings. The zero-order chi connectivity index (χ0) is 15.6. The van der Waals surface area contributed by atoms with Crippen molar-refractivity contribution in [3.05, 3.63) is 33.9 Å². The van der Waals surface area contributed by atoms with Gasteiger partial charge in [-0.3, -0.25) is 10.1 Å². The fourth-order valence-electron chi connectivity index (χ4n) is 1.45. The minimum Gasteiger partial charge on any atom is -0.490 e. The predicted octanol–water partition coefficient (Wildman–Crippen LogP) is 4.13. The van der Waals surface area contributed by atoms with Gasteiger partial charge in [0.2, 0.25) is 0 Å². The van der Waals surface area contributed by atoms with E-state index in [0.717, 1.165) is 5.56 Å². The van der Waals surface area contributed by atoms with Crippen LogP contribution in [0.3, 0.4) is 0 Å². The zero-order valence-electron chi connectivity index (χ0n) is 13.0. The lowest BCUT2D eigenvalue weighted by Gasteiger charge is -2.36. The van der Waals surface area contributed by atoms with Crippen LogP contribution in [0.4, 0.5) is 5.69 Å². The van der Waals surface area contributed by atoms with Gasteiger partial charge in [-0.15, -0.1) is 0 Å². The van der Waals surface area contributed by atoms with E-state index < -0.39 is 13.2 Å². The Morgan fingerprint density at radius 1 is 1.30 bits per heavy atom. The molecule has 1 aromatic carbocycles. The van der Waals surface area contributed by atoms with Crippen molar-refractivity contribution >= 4 is 14.0 Å². The van der Waals surface area contributed by atoms with E-state index in [9.17, 15) is 10.1 Å². The molecule has 5 nitrogen and oxygen atoms in total. The van der Waals surface area contributed by atoms with Gasteiger partial charge in [0.15, 0.2) is 14.1 Å². The molecule has 6 heteroatoms. The van der Waals surface area contributed by atoms with Crippen molar-refractivity contribution in [2.45, 2.75) is 45.5 Å². The fraction of sp³-hybridized carbons (Fsp3) is 0.571. The van der Waals surface area contributed by atoms with Crippen LogP contribution in [0.2, 0.25) is 18.1 Å². The van der Waals surface area contributed by atoms with Gasteiger partial charge in [-0.1, -0.05) is 26.8 Å². The molecule has 0 fully saturated rings. The molecule has 0 aromatic heterocycles. The largest absolute Gasteiger partial charge is 0.490 e.